The van der Waals surface area contributed by atoms with Crippen molar-refractivity contribution in [1.29, 1.82) is 0 Å². The predicted molar refractivity (Wildman–Crippen MR) is 118 cm³/mol. The zero-order valence-electron chi connectivity index (χ0n) is 18.5. The van der Waals surface area contributed by atoms with Crippen LogP contribution in [0.2, 0.25) is 0 Å². The molecular formula is C26H41NO2. The fourth-order valence-electron chi connectivity index (χ4n) is 7.16. The van der Waals surface area contributed by atoms with E-state index in [2.05, 4.69) is 24.0 Å². The first-order valence-corrected chi connectivity index (χ1v) is 12.5. The number of aliphatic hydroxyl groups excluding tert-OH is 1. The molecule has 162 valence electrons. The second-order valence-electron chi connectivity index (χ2n) is 11.1. The first-order valence-electron chi connectivity index (χ1n) is 12.5. The molecule has 29 heavy (non-hydrogen) atoms. The van der Waals surface area contributed by atoms with Gasteiger partial charge in [-0.15, -0.1) is 0 Å². The summed E-state index contributed by atoms with van der Waals surface area (Å²) < 4.78 is 6.01. The van der Waals surface area contributed by atoms with Crippen molar-refractivity contribution in [2.24, 2.45) is 17.3 Å². The first kappa shape index (κ1) is 20.3. The summed E-state index contributed by atoms with van der Waals surface area (Å²) >= 11 is 0. The molecule has 4 atom stereocenters. The number of aliphatic hydroxyl groups is 1. The molecule has 4 saturated carbocycles. The molecule has 5 fully saturated rings. The second-order valence-corrected chi connectivity index (χ2v) is 11.1. The molecule has 3 nitrogen and oxygen atoms in total. The Balaban J connectivity index is 1.21. The van der Waals surface area contributed by atoms with Crippen LogP contribution >= 0.6 is 0 Å². The summed E-state index contributed by atoms with van der Waals surface area (Å²) in [6.07, 6.45) is 19.8. The van der Waals surface area contributed by atoms with Gasteiger partial charge in [-0.25, -0.2) is 0 Å². The van der Waals surface area contributed by atoms with Crippen LogP contribution in [-0.2, 0) is 4.74 Å². The van der Waals surface area contributed by atoms with Gasteiger partial charge in [-0.2, -0.15) is 0 Å². The van der Waals surface area contributed by atoms with Gasteiger partial charge in [-0.05, 0) is 101 Å². The lowest BCUT2D eigenvalue weighted by molar-refractivity contribution is -0.0486. The van der Waals surface area contributed by atoms with Crippen LogP contribution in [-0.4, -0.2) is 48.0 Å². The van der Waals surface area contributed by atoms with Crippen molar-refractivity contribution in [1.82, 2.24) is 4.90 Å². The van der Waals surface area contributed by atoms with Crippen LogP contribution < -0.4 is 0 Å². The van der Waals surface area contributed by atoms with Crippen LogP contribution in [0.3, 0.4) is 0 Å². The molecule has 1 N–H and O–H groups in total. The van der Waals surface area contributed by atoms with Gasteiger partial charge < -0.3 is 9.84 Å². The Labute approximate surface area is 177 Å². The van der Waals surface area contributed by atoms with Gasteiger partial charge in [0.05, 0.1) is 18.3 Å². The topological polar surface area (TPSA) is 32.7 Å². The Bertz CT molecular complexity index is 664. The summed E-state index contributed by atoms with van der Waals surface area (Å²) in [5.74, 6) is 1.68. The minimum absolute atomic E-state index is 0.101. The third kappa shape index (κ3) is 4.25. The van der Waals surface area contributed by atoms with Crippen molar-refractivity contribution in [3.63, 3.8) is 0 Å². The SMILES string of the molecule is CC12CCC/C(=C\C=C3\CCCC(O)C3)C1CCC2CCN1CCOC2(CC2)C1. The summed E-state index contributed by atoms with van der Waals surface area (Å²) in [5, 5.41) is 9.97. The largest absolute Gasteiger partial charge is 0.393 e. The van der Waals surface area contributed by atoms with Gasteiger partial charge in [-0.3, -0.25) is 4.90 Å². The van der Waals surface area contributed by atoms with E-state index in [0.717, 1.165) is 44.2 Å². The summed E-state index contributed by atoms with van der Waals surface area (Å²) in [7, 11) is 0. The van der Waals surface area contributed by atoms with E-state index in [9.17, 15) is 5.11 Å². The number of hydrogen-bond acceptors (Lipinski definition) is 3. The van der Waals surface area contributed by atoms with Gasteiger partial charge in [-0.1, -0.05) is 30.2 Å². The summed E-state index contributed by atoms with van der Waals surface area (Å²) in [6.45, 7) is 7.16. The number of nitrogens with zero attached hydrogens (tertiary/aromatic N) is 1. The maximum Gasteiger partial charge on any atom is 0.0811 e. The molecule has 4 aliphatic carbocycles. The van der Waals surface area contributed by atoms with E-state index < -0.39 is 0 Å². The van der Waals surface area contributed by atoms with Crippen molar-refractivity contribution in [3.8, 4) is 0 Å². The van der Waals surface area contributed by atoms with Gasteiger partial charge in [0, 0.05) is 13.1 Å². The van der Waals surface area contributed by atoms with Gasteiger partial charge in [0.2, 0.25) is 0 Å². The lowest BCUT2D eigenvalue weighted by Gasteiger charge is -2.43. The number of morpholine rings is 1. The van der Waals surface area contributed by atoms with Crippen molar-refractivity contribution in [2.75, 3.05) is 26.2 Å². The van der Waals surface area contributed by atoms with E-state index in [1.54, 1.807) is 5.57 Å². The van der Waals surface area contributed by atoms with Crippen molar-refractivity contribution < 1.29 is 9.84 Å². The van der Waals surface area contributed by atoms with Crippen molar-refractivity contribution in [2.45, 2.75) is 95.7 Å². The molecule has 1 aliphatic heterocycles. The molecule has 0 amide bonds. The van der Waals surface area contributed by atoms with E-state index in [-0.39, 0.29) is 11.7 Å². The highest BCUT2D eigenvalue weighted by atomic mass is 16.5. The Kier molecular flexibility index (Phi) is 5.68. The summed E-state index contributed by atoms with van der Waals surface area (Å²) in [6, 6.07) is 0. The van der Waals surface area contributed by atoms with Crippen LogP contribution in [0.1, 0.15) is 84.0 Å². The molecule has 0 bridgehead atoms. The highest BCUT2D eigenvalue weighted by Gasteiger charge is 2.50. The molecule has 4 unspecified atom stereocenters. The molecule has 0 aromatic heterocycles. The number of allylic oxidation sites excluding steroid dienone is 3. The molecular weight excluding hydrogens is 358 g/mol. The van der Waals surface area contributed by atoms with Crippen LogP contribution in [0.4, 0.5) is 0 Å². The molecule has 0 aromatic carbocycles. The number of hydrogen-bond donors (Lipinski definition) is 1. The molecule has 0 aromatic rings. The predicted octanol–water partition coefficient (Wildman–Crippen LogP) is 5.25. The average molecular weight is 400 g/mol. The lowest BCUT2D eigenvalue weighted by atomic mass is 9.63. The van der Waals surface area contributed by atoms with Crippen molar-refractivity contribution >= 4 is 0 Å². The lowest BCUT2D eigenvalue weighted by Crippen LogP contribution is -2.45. The monoisotopic (exact) mass is 399 g/mol. The number of ether oxygens (including phenoxy) is 1. The van der Waals surface area contributed by atoms with Crippen molar-refractivity contribution in [3.05, 3.63) is 23.3 Å². The van der Waals surface area contributed by atoms with Gasteiger partial charge >= 0.3 is 0 Å². The first-order chi connectivity index (χ1) is 14.1. The van der Waals surface area contributed by atoms with E-state index in [1.807, 2.05) is 0 Å². The minimum atomic E-state index is -0.101. The molecule has 3 heteroatoms. The molecule has 1 spiro atoms. The summed E-state index contributed by atoms with van der Waals surface area (Å²) in [4.78, 5) is 2.70. The Hall–Kier alpha value is -0.640. The quantitative estimate of drug-likeness (QED) is 0.701. The molecule has 1 heterocycles. The van der Waals surface area contributed by atoms with Crippen LogP contribution in [0, 0.1) is 17.3 Å². The molecule has 5 rings (SSSR count). The van der Waals surface area contributed by atoms with E-state index in [1.165, 1.54) is 76.5 Å². The zero-order valence-corrected chi connectivity index (χ0v) is 18.5. The van der Waals surface area contributed by atoms with Gasteiger partial charge in [0.25, 0.3) is 0 Å². The Morgan fingerprint density at radius 3 is 2.83 bits per heavy atom. The molecule has 5 aliphatic rings. The zero-order chi connectivity index (χ0) is 19.9. The third-order valence-corrected chi connectivity index (χ3v) is 9.16. The summed E-state index contributed by atoms with van der Waals surface area (Å²) in [5.41, 5.74) is 3.97. The van der Waals surface area contributed by atoms with Crippen LogP contribution in [0.25, 0.3) is 0 Å². The van der Waals surface area contributed by atoms with E-state index in [0.29, 0.717) is 5.41 Å². The van der Waals surface area contributed by atoms with E-state index in [4.69, 9.17) is 4.74 Å². The Morgan fingerprint density at radius 2 is 2.00 bits per heavy atom. The standard InChI is InChI=1S/C26H41NO2/c1-25-12-3-5-21(8-7-20-4-2-6-23(28)18-20)24(25)10-9-22(25)11-15-27-16-17-29-26(19-27)13-14-26/h7-8,22-24,28H,2-6,9-19H2,1H3/b20-7-,21-8+. The maximum absolute atomic E-state index is 9.97. The number of rotatable bonds is 4. The third-order valence-electron chi connectivity index (χ3n) is 9.16. The molecule has 1 saturated heterocycles. The normalized spacial score (nSPS) is 42.5. The van der Waals surface area contributed by atoms with E-state index >= 15 is 0 Å². The number of fused-ring (bicyclic) bond motifs is 1. The molecule has 0 radical (unpaired) electrons. The fourth-order valence-corrected chi connectivity index (χ4v) is 7.16. The second kappa shape index (κ2) is 8.13. The average Bonchev–Trinajstić information content (AvgIpc) is 3.35. The van der Waals surface area contributed by atoms with Gasteiger partial charge in [0.1, 0.15) is 0 Å². The highest BCUT2D eigenvalue weighted by Crippen LogP contribution is 2.58. The maximum atomic E-state index is 9.97. The Morgan fingerprint density at radius 1 is 1.10 bits per heavy atom. The highest BCUT2D eigenvalue weighted by molar-refractivity contribution is 5.25. The van der Waals surface area contributed by atoms with Crippen LogP contribution in [0.5, 0.6) is 0 Å². The van der Waals surface area contributed by atoms with Gasteiger partial charge in [0.15, 0.2) is 0 Å². The smallest absolute Gasteiger partial charge is 0.0811 e. The minimum Gasteiger partial charge on any atom is -0.393 e. The fraction of sp³-hybridized carbons (Fsp3) is 0.846. The van der Waals surface area contributed by atoms with Crippen LogP contribution in [0.15, 0.2) is 23.3 Å².